The van der Waals surface area contributed by atoms with E-state index in [1.807, 2.05) is 36.4 Å². The fraction of sp³-hybridized carbons (Fsp3) is 0.375. The highest BCUT2D eigenvalue weighted by molar-refractivity contribution is 14.0. The average Bonchev–Trinajstić information content (AvgIpc) is 2.74. The summed E-state index contributed by atoms with van der Waals surface area (Å²) < 4.78 is 17.0. The minimum atomic E-state index is -0.260. The van der Waals surface area contributed by atoms with Gasteiger partial charge in [-0.15, -0.1) is 30.4 Å². The van der Waals surface area contributed by atoms with E-state index in [0.717, 1.165) is 29.3 Å². The van der Waals surface area contributed by atoms with Gasteiger partial charge >= 0.3 is 0 Å². The van der Waals surface area contributed by atoms with Gasteiger partial charge in [0.2, 0.25) is 0 Å². The van der Waals surface area contributed by atoms with Crippen LogP contribution in [0.15, 0.2) is 47.5 Å². The largest absolute Gasteiger partial charge is 0.493 e. The maximum absolute atomic E-state index is 6.12. The van der Waals surface area contributed by atoms with Crippen molar-refractivity contribution < 1.29 is 14.2 Å². The third-order valence-corrected chi connectivity index (χ3v) is 4.91. The van der Waals surface area contributed by atoms with Gasteiger partial charge in [-0.25, -0.2) is 0 Å². The van der Waals surface area contributed by atoms with Crippen LogP contribution in [0.4, 0.5) is 0 Å². The number of halogens is 1. The van der Waals surface area contributed by atoms with Crippen molar-refractivity contribution in [2.75, 3.05) is 20.8 Å². The molecule has 0 spiro atoms. The lowest BCUT2D eigenvalue weighted by Gasteiger charge is -2.38. The minimum absolute atomic E-state index is 0. The highest BCUT2D eigenvalue weighted by Crippen LogP contribution is 2.39. The number of ether oxygens (including phenoxy) is 3. The number of hydrogen-bond donors (Lipinski definition) is 2. The van der Waals surface area contributed by atoms with Crippen molar-refractivity contribution in [1.82, 2.24) is 10.6 Å². The number of terminal acetylenes is 1. The Bertz CT molecular complexity index is 953. The smallest absolute Gasteiger partial charge is 0.191 e. The zero-order chi connectivity index (χ0) is 21.6. The van der Waals surface area contributed by atoms with Crippen molar-refractivity contribution in [3.8, 4) is 29.6 Å². The summed E-state index contributed by atoms with van der Waals surface area (Å²) in [4.78, 5) is 4.39. The molecule has 1 unspecified atom stereocenters. The van der Waals surface area contributed by atoms with E-state index in [4.69, 9.17) is 20.6 Å². The predicted octanol–water partition coefficient (Wildman–Crippen LogP) is 4.29. The monoisotopic (exact) mass is 535 g/mol. The van der Waals surface area contributed by atoms with Gasteiger partial charge in [0.05, 0.1) is 13.2 Å². The van der Waals surface area contributed by atoms with Crippen LogP contribution in [0.25, 0.3) is 0 Å². The summed E-state index contributed by atoms with van der Waals surface area (Å²) in [6.45, 7) is 4.96. The summed E-state index contributed by atoms with van der Waals surface area (Å²) in [6.07, 6.45) is 6.13. The zero-order valence-electron chi connectivity index (χ0n) is 18.4. The molecule has 1 aliphatic rings. The Morgan fingerprint density at radius 1 is 1.26 bits per heavy atom. The second-order valence-corrected chi connectivity index (χ2v) is 7.70. The molecule has 0 radical (unpaired) electrons. The standard InChI is InChI=1S/C24H29N3O3.HI/c1-6-13-29-22-14-17(11-12-21(22)28-5)16-26-23(25-4)27-19-15-24(2,3)30-20-10-8-7-9-18(19)20;/h1,7-12,14,19H,13,15-16H2,2-5H3,(H2,25,26,27);1H. The molecule has 0 aliphatic carbocycles. The molecule has 166 valence electrons. The molecule has 31 heavy (non-hydrogen) atoms. The highest BCUT2D eigenvalue weighted by Gasteiger charge is 2.33. The van der Waals surface area contributed by atoms with Crippen molar-refractivity contribution >= 4 is 29.9 Å². The molecule has 2 N–H and O–H groups in total. The van der Waals surface area contributed by atoms with Gasteiger partial charge in [0.1, 0.15) is 18.0 Å². The van der Waals surface area contributed by atoms with E-state index in [0.29, 0.717) is 18.0 Å². The molecule has 7 heteroatoms. The number of guanidine groups is 1. The summed E-state index contributed by atoms with van der Waals surface area (Å²) in [7, 11) is 3.37. The number of para-hydroxylation sites is 1. The topological polar surface area (TPSA) is 64.1 Å². The molecule has 0 bridgehead atoms. The van der Waals surface area contributed by atoms with Crippen LogP contribution in [0.5, 0.6) is 17.2 Å². The predicted molar refractivity (Wildman–Crippen MR) is 135 cm³/mol. The Morgan fingerprint density at radius 2 is 2.03 bits per heavy atom. The van der Waals surface area contributed by atoms with Crippen LogP contribution in [0.2, 0.25) is 0 Å². The lowest BCUT2D eigenvalue weighted by atomic mass is 9.90. The number of hydrogen-bond acceptors (Lipinski definition) is 4. The summed E-state index contributed by atoms with van der Waals surface area (Å²) in [5.74, 6) is 5.37. The summed E-state index contributed by atoms with van der Waals surface area (Å²) in [5.41, 5.74) is 1.90. The van der Waals surface area contributed by atoms with Gasteiger partial charge in [-0.1, -0.05) is 30.2 Å². The molecule has 2 aromatic rings. The van der Waals surface area contributed by atoms with Crippen LogP contribution in [0.1, 0.15) is 37.4 Å². The highest BCUT2D eigenvalue weighted by atomic mass is 127. The number of nitrogens with one attached hydrogen (secondary N) is 2. The fourth-order valence-corrected chi connectivity index (χ4v) is 3.54. The van der Waals surface area contributed by atoms with Gasteiger partial charge in [0, 0.05) is 25.6 Å². The van der Waals surface area contributed by atoms with E-state index in [9.17, 15) is 0 Å². The first-order valence-electron chi connectivity index (χ1n) is 9.94. The Kier molecular flexibility index (Phi) is 8.87. The van der Waals surface area contributed by atoms with E-state index < -0.39 is 0 Å². The molecule has 6 nitrogen and oxygen atoms in total. The molecule has 3 rings (SSSR count). The van der Waals surface area contributed by atoms with Crippen LogP contribution < -0.4 is 24.8 Å². The molecular formula is C24H30IN3O3. The fourth-order valence-electron chi connectivity index (χ4n) is 3.54. The third-order valence-electron chi connectivity index (χ3n) is 4.91. The Morgan fingerprint density at radius 3 is 2.74 bits per heavy atom. The number of aliphatic imine (C=N–C) groups is 1. The van der Waals surface area contributed by atoms with Gasteiger partial charge in [0.15, 0.2) is 17.5 Å². The second kappa shape index (κ2) is 11.1. The van der Waals surface area contributed by atoms with Gasteiger partial charge in [0.25, 0.3) is 0 Å². The zero-order valence-corrected chi connectivity index (χ0v) is 20.7. The van der Waals surface area contributed by atoms with E-state index in [2.05, 4.69) is 41.5 Å². The molecular weight excluding hydrogens is 505 g/mol. The van der Waals surface area contributed by atoms with E-state index in [1.165, 1.54) is 0 Å². The number of nitrogens with zero attached hydrogens (tertiary/aromatic N) is 1. The normalized spacial score (nSPS) is 16.6. The molecule has 1 heterocycles. The molecule has 0 fully saturated rings. The molecule has 1 atom stereocenters. The SMILES string of the molecule is C#CCOc1cc(CNC(=NC)NC2CC(C)(C)Oc3ccccc32)ccc1OC.I. The maximum Gasteiger partial charge on any atom is 0.191 e. The number of benzene rings is 2. The summed E-state index contributed by atoms with van der Waals surface area (Å²) >= 11 is 0. The molecule has 0 amide bonds. The molecule has 0 saturated carbocycles. The molecule has 2 aromatic carbocycles. The van der Waals surface area contributed by atoms with E-state index in [-0.39, 0.29) is 42.2 Å². The third kappa shape index (κ3) is 6.44. The van der Waals surface area contributed by atoms with Crippen LogP contribution in [0.3, 0.4) is 0 Å². The van der Waals surface area contributed by atoms with Crippen molar-refractivity contribution in [3.63, 3.8) is 0 Å². The number of fused-ring (bicyclic) bond motifs is 1. The molecule has 0 aromatic heterocycles. The van der Waals surface area contributed by atoms with Crippen LogP contribution >= 0.6 is 24.0 Å². The molecule has 1 aliphatic heterocycles. The lowest BCUT2D eigenvalue weighted by Crippen LogP contribution is -2.45. The van der Waals surface area contributed by atoms with Gasteiger partial charge in [-0.3, -0.25) is 4.99 Å². The van der Waals surface area contributed by atoms with Crippen LogP contribution in [0, 0.1) is 12.3 Å². The van der Waals surface area contributed by atoms with Gasteiger partial charge in [-0.2, -0.15) is 0 Å². The maximum atomic E-state index is 6.12. The Hall–Kier alpha value is -2.60. The van der Waals surface area contributed by atoms with Gasteiger partial charge < -0.3 is 24.8 Å². The minimum Gasteiger partial charge on any atom is -0.493 e. The Labute approximate surface area is 201 Å². The summed E-state index contributed by atoms with van der Waals surface area (Å²) in [6, 6.07) is 14.0. The summed E-state index contributed by atoms with van der Waals surface area (Å²) in [5, 5.41) is 6.91. The van der Waals surface area contributed by atoms with Crippen molar-refractivity contribution in [1.29, 1.82) is 0 Å². The second-order valence-electron chi connectivity index (χ2n) is 7.70. The number of rotatable bonds is 6. The lowest BCUT2D eigenvalue weighted by molar-refractivity contribution is 0.0694. The van der Waals surface area contributed by atoms with Gasteiger partial charge in [-0.05, 0) is 37.6 Å². The van der Waals surface area contributed by atoms with E-state index in [1.54, 1.807) is 14.2 Å². The first-order chi connectivity index (χ1) is 14.5. The first kappa shape index (κ1) is 24.7. The van der Waals surface area contributed by atoms with E-state index >= 15 is 0 Å². The van der Waals surface area contributed by atoms with Crippen LogP contribution in [-0.2, 0) is 6.54 Å². The first-order valence-corrected chi connectivity index (χ1v) is 9.94. The number of methoxy groups -OCH3 is 1. The Balaban J connectivity index is 0.00000341. The van der Waals surface area contributed by atoms with Crippen molar-refractivity contribution in [2.24, 2.45) is 4.99 Å². The van der Waals surface area contributed by atoms with Crippen molar-refractivity contribution in [2.45, 2.75) is 38.5 Å². The average molecular weight is 535 g/mol. The van der Waals surface area contributed by atoms with Crippen LogP contribution in [-0.4, -0.2) is 32.3 Å². The molecule has 0 saturated heterocycles. The van der Waals surface area contributed by atoms with Crippen molar-refractivity contribution in [3.05, 3.63) is 53.6 Å². The quantitative estimate of drug-likeness (QED) is 0.250.